The van der Waals surface area contributed by atoms with Crippen molar-refractivity contribution in [2.24, 2.45) is 11.3 Å². The monoisotopic (exact) mass is 310 g/mol. The fourth-order valence-electron chi connectivity index (χ4n) is 3.65. The van der Waals surface area contributed by atoms with Crippen LogP contribution in [0.15, 0.2) is 12.2 Å². The summed E-state index contributed by atoms with van der Waals surface area (Å²) >= 11 is 1.11. The summed E-state index contributed by atoms with van der Waals surface area (Å²) in [4.78, 5) is 23.9. The molecule has 0 heterocycles. The van der Waals surface area contributed by atoms with Crippen LogP contribution in [0.3, 0.4) is 0 Å². The molecule has 0 aromatic carbocycles. The van der Waals surface area contributed by atoms with E-state index in [1.54, 1.807) is 6.92 Å². The molecule has 1 rings (SSSR count). The molecule has 0 aromatic heterocycles. The lowest BCUT2D eigenvalue weighted by Crippen LogP contribution is -2.34. The second-order valence-corrected chi connectivity index (χ2v) is 7.42. The summed E-state index contributed by atoms with van der Waals surface area (Å²) in [5.74, 6) is 1.22. The van der Waals surface area contributed by atoms with Crippen LogP contribution in [0.4, 0.5) is 0 Å². The number of ketones is 1. The molecule has 0 N–H and O–H groups in total. The first kappa shape index (κ1) is 18.5. The molecular weight excluding hydrogens is 280 g/mol. The molecule has 0 atom stereocenters. The highest BCUT2D eigenvalue weighted by molar-refractivity contribution is 8.14. The van der Waals surface area contributed by atoms with Gasteiger partial charge in [0, 0.05) is 6.42 Å². The van der Waals surface area contributed by atoms with Gasteiger partial charge in [-0.1, -0.05) is 51.5 Å². The molecule has 21 heavy (non-hydrogen) atoms. The van der Waals surface area contributed by atoms with Crippen LogP contribution < -0.4 is 0 Å². The maximum Gasteiger partial charge on any atom is 0.214 e. The van der Waals surface area contributed by atoms with Crippen LogP contribution in [0.5, 0.6) is 0 Å². The van der Waals surface area contributed by atoms with Crippen LogP contribution in [-0.2, 0) is 9.59 Å². The van der Waals surface area contributed by atoms with Crippen LogP contribution in [-0.4, -0.2) is 16.7 Å². The third-order valence-electron chi connectivity index (χ3n) is 5.14. The number of hydrogen-bond acceptors (Lipinski definition) is 3. The Hall–Kier alpha value is -0.570. The summed E-state index contributed by atoms with van der Waals surface area (Å²) in [5.41, 5.74) is 0.682. The maximum absolute atomic E-state index is 12.3. The van der Waals surface area contributed by atoms with E-state index in [1.807, 2.05) is 0 Å². The zero-order valence-electron chi connectivity index (χ0n) is 13.9. The van der Waals surface area contributed by atoms with Gasteiger partial charge in [-0.15, -0.1) is 0 Å². The number of carbonyl (C=O) groups excluding carboxylic acids is 2. The van der Waals surface area contributed by atoms with Crippen molar-refractivity contribution in [3.8, 4) is 0 Å². The minimum Gasteiger partial charge on any atom is -0.299 e. The largest absolute Gasteiger partial charge is 0.299 e. The Bertz CT molecular complexity index is 377. The topological polar surface area (TPSA) is 34.1 Å². The normalized spacial score (nSPS) is 16.7. The van der Waals surface area contributed by atoms with Crippen molar-refractivity contribution >= 4 is 22.7 Å². The lowest BCUT2D eigenvalue weighted by atomic mass is 9.63. The summed E-state index contributed by atoms with van der Waals surface area (Å²) in [6.45, 7) is 9.77. The highest BCUT2D eigenvalue weighted by Gasteiger charge is 2.37. The Morgan fingerprint density at radius 1 is 1.14 bits per heavy atom. The van der Waals surface area contributed by atoms with Gasteiger partial charge in [-0.2, -0.15) is 0 Å². The Balaban J connectivity index is 2.62. The summed E-state index contributed by atoms with van der Waals surface area (Å²) in [5, 5.41) is -0.0559. The number of Topliss-reactive ketones (excluding diaryl/α,β-unsaturated/α-hetero) is 1. The second-order valence-electron chi connectivity index (χ2n) is 6.48. The average Bonchev–Trinajstić information content (AvgIpc) is 2.51. The highest BCUT2D eigenvalue weighted by atomic mass is 32.2. The van der Waals surface area contributed by atoms with Crippen molar-refractivity contribution in [1.29, 1.82) is 0 Å². The van der Waals surface area contributed by atoms with Gasteiger partial charge in [-0.3, -0.25) is 9.59 Å². The van der Waals surface area contributed by atoms with E-state index in [2.05, 4.69) is 20.4 Å². The van der Waals surface area contributed by atoms with E-state index in [1.165, 1.54) is 32.1 Å². The molecule has 1 saturated carbocycles. The number of rotatable bonds is 8. The summed E-state index contributed by atoms with van der Waals surface area (Å²) < 4.78 is 0. The molecule has 0 aromatic rings. The van der Waals surface area contributed by atoms with Crippen LogP contribution in [0, 0.1) is 11.3 Å². The number of hydrogen-bond donors (Lipinski definition) is 0. The van der Waals surface area contributed by atoms with Crippen LogP contribution in [0.1, 0.15) is 72.1 Å². The van der Waals surface area contributed by atoms with E-state index in [0.29, 0.717) is 23.7 Å². The minimum atomic E-state index is -0.0559. The first-order valence-electron chi connectivity index (χ1n) is 8.29. The average molecular weight is 311 g/mol. The molecular formula is C18H30O2S. The van der Waals surface area contributed by atoms with E-state index in [0.717, 1.165) is 24.6 Å². The molecule has 0 bridgehead atoms. The Labute approximate surface area is 134 Å². The van der Waals surface area contributed by atoms with Gasteiger partial charge >= 0.3 is 0 Å². The van der Waals surface area contributed by atoms with Crippen molar-refractivity contribution in [3.05, 3.63) is 12.2 Å². The first-order chi connectivity index (χ1) is 9.95. The molecule has 3 heteroatoms. The van der Waals surface area contributed by atoms with E-state index in [4.69, 9.17) is 0 Å². The third kappa shape index (κ3) is 5.28. The molecule has 0 unspecified atom stereocenters. The molecule has 1 fully saturated rings. The van der Waals surface area contributed by atoms with Crippen LogP contribution >= 0.6 is 11.8 Å². The van der Waals surface area contributed by atoms with Crippen molar-refractivity contribution < 1.29 is 9.59 Å². The molecule has 0 spiro atoms. The standard InChI is InChI=1S/C18H30O2S/c1-5-18(6-2,15-10-8-7-9-11-15)12-16(19)13-21-17(20)14(3)4/h15H,3,5-13H2,1-2,4H3. The molecule has 0 amide bonds. The fourth-order valence-corrected chi connectivity index (χ4v) is 4.29. The van der Waals surface area contributed by atoms with E-state index in [9.17, 15) is 9.59 Å². The quantitative estimate of drug-likeness (QED) is 0.580. The van der Waals surface area contributed by atoms with Gasteiger partial charge in [-0.25, -0.2) is 0 Å². The maximum atomic E-state index is 12.3. The molecule has 1 aliphatic rings. The van der Waals surface area contributed by atoms with Crippen LogP contribution in [0.2, 0.25) is 0 Å². The smallest absolute Gasteiger partial charge is 0.214 e. The van der Waals surface area contributed by atoms with Gasteiger partial charge in [0.15, 0.2) is 0 Å². The van der Waals surface area contributed by atoms with Gasteiger partial charge in [0.25, 0.3) is 0 Å². The van der Waals surface area contributed by atoms with Crippen LogP contribution in [0.25, 0.3) is 0 Å². The van der Waals surface area contributed by atoms with Crippen molar-refractivity contribution in [2.45, 2.75) is 72.1 Å². The van der Waals surface area contributed by atoms with Crippen molar-refractivity contribution in [3.63, 3.8) is 0 Å². The van der Waals surface area contributed by atoms with Gasteiger partial charge in [0.05, 0.1) is 5.75 Å². The summed E-state index contributed by atoms with van der Waals surface area (Å²) in [7, 11) is 0. The zero-order chi connectivity index (χ0) is 15.9. The summed E-state index contributed by atoms with van der Waals surface area (Å²) in [6.07, 6.45) is 9.28. The van der Waals surface area contributed by atoms with Gasteiger partial charge in [0.1, 0.15) is 5.78 Å². The fraction of sp³-hybridized carbons (Fsp3) is 0.778. The molecule has 0 radical (unpaired) electrons. The Morgan fingerprint density at radius 2 is 1.71 bits per heavy atom. The van der Waals surface area contributed by atoms with E-state index < -0.39 is 0 Å². The molecule has 1 aliphatic carbocycles. The third-order valence-corrected chi connectivity index (χ3v) is 6.22. The van der Waals surface area contributed by atoms with Crippen molar-refractivity contribution in [1.82, 2.24) is 0 Å². The lowest BCUT2D eigenvalue weighted by Gasteiger charge is -2.41. The molecule has 0 saturated heterocycles. The Kier molecular flexibility index (Phi) is 7.72. The molecule has 120 valence electrons. The predicted molar refractivity (Wildman–Crippen MR) is 91.5 cm³/mol. The van der Waals surface area contributed by atoms with E-state index in [-0.39, 0.29) is 16.3 Å². The van der Waals surface area contributed by atoms with Gasteiger partial charge in [-0.05, 0) is 49.5 Å². The minimum absolute atomic E-state index is 0.0559. The first-order valence-corrected chi connectivity index (χ1v) is 9.28. The highest BCUT2D eigenvalue weighted by Crippen LogP contribution is 2.46. The SMILES string of the molecule is C=C(C)C(=O)SCC(=O)CC(CC)(CC)C1CCCCC1. The molecule has 0 aliphatic heterocycles. The lowest BCUT2D eigenvalue weighted by molar-refractivity contribution is -0.120. The number of carbonyl (C=O) groups is 2. The summed E-state index contributed by atoms with van der Waals surface area (Å²) in [6, 6.07) is 0. The Morgan fingerprint density at radius 3 is 2.19 bits per heavy atom. The number of thioether (sulfide) groups is 1. The predicted octanol–water partition coefficient (Wildman–Crippen LogP) is 5.17. The van der Waals surface area contributed by atoms with Gasteiger partial charge < -0.3 is 0 Å². The second kappa shape index (κ2) is 8.77. The molecule has 2 nitrogen and oxygen atoms in total. The van der Waals surface area contributed by atoms with Gasteiger partial charge in [0.2, 0.25) is 5.12 Å². The van der Waals surface area contributed by atoms with Crippen molar-refractivity contribution in [2.75, 3.05) is 5.75 Å². The van der Waals surface area contributed by atoms with E-state index >= 15 is 0 Å². The zero-order valence-corrected chi connectivity index (χ0v) is 14.7.